The molecule has 3 N–H and O–H groups in total. The second kappa shape index (κ2) is 9.25. The molecule has 0 unspecified atom stereocenters. The van der Waals surface area contributed by atoms with Crippen LogP contribution in [0.4, 0.5) is 5.95 Å². The van der Waals surface area contributed by atoms with Gasteiger partial charge in [-0.25, -0.2) is 9.97 Å². The highest BCUT2D eigenvalue weighted by atomic mass is 15.1. The maximum atomic E-state index is 8.83. The maximum absolute atomic E-state index is 8.83. The molecule has 0 amide bonds. The van der Waals surface area contributed by atoms with Gasteiger partial charge in [0.1, 0.15) is 0 Å². The van der Waals surface area contributed by atoms with Crippen LogP contribution in [0.15, 0.2) is 29.7 Å². The number of benzene rings is 1. The summed E-state index contributed by atoms with van der Waals surface area (Å²) >= 11 is 0. The van der Waals surface area contributed by atoms with Crippen molar-refractivity contribution in [2.24, 2.45) is 0 Å². The second-order valence-corrected chi connectivity index (χ2v) is 9.48. The molecule has 7 nitrogen and oxygen atoms in total. The molecule has 1 aromatic carbocycles. The summed E-state index contributed by atoms with van der Waals surface area (Å²) < 4.78 is 0. The lowest BCUT2D eigenvalue weighted by atomic mass is 9.86. The summed E-state index contributed by atoms with van der Waals surface area (Å²) in [5.41, 5.74) is 5.37. The zero-order chi connectivity index (χ0) is 22.7. The molecule has 4 rings (SSSR count). The van der Waals surface area contributed by atoms with Crippen LogP contribution in [0.25, 0.3) is 10.9 Å². The lowest BCUT2D eigenvalue weighted by Crippen LogP contribution is -2.33. The number of aromatic nitrogens is 2. The van der Waals surface area contributed by atoms with Gasteiger partial charge < -0.3 is 20.9 Å². The third-order valence-corrected chi connectivity index (χ3v) is 6.82. The summed E-state index contributed by atoms with van der Waals surface area (Å²) in [6, 6.07) is 6.65. The Morgan fingerprint density at radius 3 is 2.75 bits per heavy atom. The van der Waals surface area contributed by atoms with Gasteiger partial charge >= 0.3 is 0 Å². The Morgan fingerprint density at radius 1 is 1.34 bits per heavy atom. The van der Waals surface area contributed by atoms with Crippen LogP contribution >= 0.6 is 0 Å². The van der Waals surface area contributed by atoms with E-state index in [1.165, 1.54) is 17.3 Å². The van der Waals surface area contributed by atoms with E-state index in [0.717, 1.165) is 61.9 Å². The Bertz CT molecular complexity index is 1070. The van der Waals surface area contributed by atoms with Crippen LogP contribution in [0.3, 0.4) is 0 Å². The average Bonchev–Trinajstić information content (AvgIpc) is 3.52. The molecular formula is C25H33N7. The maximum Gasteiger partial charge on any atom is 0.227 e. The molecule has 2 fully saturated rings. The lowest BCUT2D eigenvalue weighted by Gasteiger charge is -2.32. The fraction of sp³-hybridized carbons (Fsp3) is 0.520. The molecule has 7 heteroatoms. The monoisotopic (exact) mass is 431 g/mol. The smallest absolute Gasteiger partial charge is 0.227 e. The van der Waals surface area contributed by atoms with E-state index in [0.29, 0.717) is 24.0 Å². The molecule has 2 aliphatic rings. The largest absolute Gasteiger partial charge is 0.382 e. The zero-order valence-corrected chi connectivity index (χ0v) is 19.3. The summed E-state index contributed by atoms with van der Waals surface area (Å²) in [4.78, 5) is 11.7. The van der Waals surface area contributed by atoms with Gasteiger partial charge in [-0.05, 0) is 88.7 Å². The van der Waals surface area contributed by atoms with Gasteiger partial charge in [0.25, 0.3) is 0 Å². The topological polar surface area (TPSA) is 101 Å². The first-order valence-electron chi connectivity index (χ1n) is 11.5. The summed E-state index contributed by atoms with van der Waals surface area (Å²) in [6.45, 7) is 9.31. The van der Waals surface area contributed by atoms with Crippen LogP contribution in [-0.4, -0.2) is 46.3 Å². The van der Waals surface area contributed by atoms with Gasteiger partial charge in [-0.1, -0.05) is 0 Å². The number of nitrogens with one attached hydrogen (secondary N) is 3. The number of allylic oxidation sites excluding steroid dienone is 2. The van der Waals surface area contributed by atoms with Gasteiger partial charge in [-0.2, -0.15) is 5.26 Å². The predicted molar refractivity (Wildman–Crippen MR) is 129 cm³/mol. The van der Waals surface area contributed by atoms with Gasteiger partial charge in [0.2, 0.25) is 5.95 Å². The van der Waals surface area contributed by atoms with Gasteiger partial charge in [0, 0.05) is 42.0 Å². The highest BCUT2D eigenvalue weighted by molar-refractivity contribution is 5.83. The number of hydrogen-bond acceptors (Lipinski definition) is 7. The fourth-order valence-corrected chi connectivity index (χ4v) is 4.58. The molecule has 32 heavy (non-hydrogen) atoms. The van der Waals surface area contributed by atoms with E-state index in [9.17, 15) is 0 Å². The van der Waals surface area contributed by atoms with Gasteiger partial charge in [0.05, 0.1) is 17.3 Å². The highest BCUT2D eigenvalue weighted by Gasteiger charge is 2.37. The lowest BCUT2D eigenvalue weighted by molar-refractivity contribution is 0.216. The van der Waals surface area contributed by atoms with Gasteiger partial charge in [0.15, 0.2) is 0 Å². The molecule has 0 radical (unpaired) electrons. The Kier molecular flexibility index (Phi) is 6.43. The first-order chi connectivity index (χ1) is 15.4. The molecule has 1 aliphatic heterocycles. The van der Waals surface area contributed by atoms with Crippen molar-refractivity contribution in [2.45, 2.75) is 64.3 Å². The van der Waals surface area contributed by atoms with Crippen molar-refractivity contribution >= 4 is 23.1 Å². The van der Waals surface area contributed by atoms with Crippen LogP contribution in [0.2, 0.25) is 0 Å². The number of anilines is 1. The minimum Gasteiger partial charge on any atom is -0.382 e. The Hall–Kier alpha value is -2.98. The molecular weight excluding hydrogens is 398 g/mol. The van der Waals surface area contributed by atoms with Gasteiger partial charge in [-0.15, -0.1) is 0 Å². The van der Waals surface area contributed by atoms with Crippen LogP contribution in [0.5, 0.6) is 0 Å². The molecule has 2 aromatic rings. The fourth-order valence-electron chi connectivity index (χ4n) is 4.58. The van der Waals surface area contributed by atoms with E-state index < -0.39 is 0 Å². The normalized spacial score (nSPS) is 19.2. The molecule has 168 valence electrons. The van der Waals surface area contributed by atoms with Crippen molar-refractivity contribution in [3.05, 3.63) is 40.9 Å². The van der Waals surface area contributed by atoms with Crippen LogP contribution in [0, 0.1) is 23.7 Å². The van der Waals surface area contributed by atoms with E-state index in [2.05, 4.69) is 52.6 Å². The van der Waals surface area contributed by atoms with Crippen LogP contribution in [-0.2, 0) is 0 Å². The van der Waals surface area contributed by atoms with E-state index in [4.69, 9.17) is 15.7 Å². The van der Waals surface area contributed by atoms with Crippen molar-refractivity contribution in [1.82, 2.24) is 20.2 Å². The Labute approximate surface area is 190 Å². The van der Waals surface area contributed by atoms with Crippen molar-refractivity contribution in [3.63, 3.8) is 0 Å². The number of hydrogen-bond donors (Lipinski definition) is 3. The molecule has 0 spiro atoms. The molecule has 0 bridgehead atoms. The quantitative estimate of drug-likeness (QED) is 0.533. The minimum absolute atomic E-state index is 0.154. The zero-order valence-electron chi connectivity index (χ0n) is 19.3. The predicted octanol–water partition coefficient (Wildman–Crippen LogP) is 4.47. The molecule has 0 atom stereocenters. The number of nitrogens with zero attached hydrogens (tertiary/aromatic N) is 4. The molecule has 1 aliphatic carbocycles. The standard InChI is InChI=1S/C25H33N7/c1-17-13-20-16-28-24(30-23(15-27)18(2)31-25(3)7-8-25)29-22(20)14-21(17)19-5-11-32(12-6-19)10-4-9-26/h13-16,19,27,31H,4-8,10-12H2,1-3H3,(H,28,29,30)/b23-18+,27-15?. The van der Waals surface area contributed by atoms with Crippen molar-refractivity contribution < 1.29 is 0 Å². The third kappa shape index (κ3) is 5.08. The summed E-state index contributed by atoms with van der Waals surface area (Å²) in [5, 5.41) is 24.4. The summed E-state index contributed by atoms with van der Waals surface area (Å²) in [6.07, 6.45) is 8.31. The SMILES string of the molecule is C/C(NC1(C)CC1)=C(/C=N)Nc1ncc2cc(C)c(C3CCN(CCC#N)CC3)cc2n1. The number of fused-ring (bicyclic) bond motifs is 1. The summed E-state index contributed by atoms with van der Waals surface area (Å²) in [5.74, 6) is 1.03. The van der Waals surface area contributed by atoms with E-state index in [1.54, 1.807) is 0 Å². The number of piperidine rings is 1. The van der Waals surface area contributed by atoms with Crippen LogP contribution < -0.4 is 10.6 Å². The number of nitriles is 1. The van der Waals surface area contributed by atoms with E-state index >= 15 is 0 Å². The summed E-state index contributed by atoms with van der Waals surface area (Å²) in [7, 11) is 0. The van der Waals surface area contributed by atoms with Crippen molar-refractivity contribution in [1.29, 1.82) is 10.7 Å². The number of likely N-dealkylation sites (tertiary alicyclic amines) is 1. The van der Waals surface area contributed by atoms with Crippen molar-refractivity contribution in [3.8, 4) is 6.07 Å². The third-order valence-electron chi connectivity index (χ3n) is 6.82. The number of rotatable bonds is 8. The minimum atomic E-state index is 0.154. The first-order valence-corrected chi connectivity index (χ1v) is 11.5. The Balaban J connectivity index is 1.52. The average molecular weight is 432 g/mol. The molecule has 1 aromatic heterocycles. The molecule has 2 heterocycles. The second-order valence-electron chi connectivity index (χ2n) is 9.48. The number of aryl methyl sites for hydroxylation is 1. The van der Waals surface area contributed by atoms with E-state index in [1.807, 2.05) is 13.1 Å². The molecule has 1 saturated carbocycles. The van der Waals surface area contributed by atoms with E-state index in [-0.39, 0.29) is 5.54 Å². The van der Waals surface area contributed by atoms with Crippen LogP contribution in [0.1, 0.15) is 63.0 Å². The first kappa shape index (κ1) is 22.2. The highest BCUT2D eigenvalue weighted by Crippen LogP contribution is 2.35. The molecule has 1 saturated heterocycles. The Morgan fingerprint density at radius 2 is 2.09 bits per heavy atom. The van der Waals surface area contributed by atoms with Crippen molar-refractivity contribution in [2.75, 3.05) is 25.0 Å². The van der Waals surface area contributed by atoms with Gasteiger partial charge in [-0.3, -0.25) is 0 Å².